The topological polar surface area (TPSA) is 77.4 Å². The van der Waals surface area contributed by atoms with Gasteiger partial charge in [0.1, 0.15) is 17.3 Å². The van der Waals surface area contributed by atoms with E-state index in [0.29, 0.717) is 36.7 Å². The normalized spacial score (nSPS) is 19.8. The molecule has 0 saturated heterocycles. The minimum absolute atomic E-state index is 0.107. The van der Waals surface area contributed by atoms with Crippen molar-refractivity contribution in [3.8, 4) is 11.5 Å². The molecule has 8 heteroatoms. The van der Waals surface area contributed by atoms with Crippen LogP contribution >= 0.6 is 0 Å². The van der Waals surface area contributed by atoms with Crippen LogP contribution < -0.4 is 10.1 Å². The first-order chi connectivity index (χ1) is 14.0. The molecule has 29 heavy (non-hydrogen) atoms. The molecule has 2 aromatic carbocycles. The van der Waals surface area contributed by atoms with Crippen LogP contribution in [0.3, 0.4) is 0 Å². The first-order valence-corrected chi connectivity index (χ1v) is 9.48. The molecule has 2 aromatic rings. The van der Waals surface area contributed by atoms with Crippen LogP contribution in [-0.4, -0.2) is 60.5 Å². The van der Waals surface area contributed by atoms with Gasteiger partial charge < -0.3 is 20.1 Å². The van der Waals surface area contributed by atoms with Crippen molar-refractivity contribution in [2.45, 2.75) is 6.04 Å². The largest absolute Gasteiger partial charge is 0.508 e. The monoisotopic (exact) mass is 398 g/mol. The minimum atomic E-state index is -0.460. The quantitative estimate of drug-likeness (QED) is 0.830. The van der Waals surface area contributed by atoms with Crippen LogP contribution in [-0.2, 0) is 0 Å². The number of aromatic hydroxyl groups is 1. The fourth-order valence-electron chi connectivity index (χ4n) is 3.80. The molecule has 7 nitrogen and oxygen atoms in total. The number of benzene rings is 2. The number of likely N-dealkylation sites (N-methyl/N-ethyl adjacent to an activating group) is 2. The molecule has 0 spiro atoms. The molecule has 152 valence electrons. The van der Waals surface area contributed by atoms with Gasteiger partial charge in [-0.25, -0.2) is 14.2 Å². The number of hydrogen-bond acceptors (Lipinski definition) is 5. The zero-order chi connectivity index (χ0) is 20.5. The van der Waals surface area contributed by atoms with Gasteiger partial charge in [0.05, 0.1) is 24.3 Å². The lowest BCUT2D eigenvalue weighted by Crippen LogP contribution is -2.43. The van der Waals surface area contributed by atoms with Gasteiger partial charge in [-0.1, -0.05) is 12.1 Å². The van der Waals surface area contributed by atoms with Crippen LogP contribution in [0.15, 0.2) is 47.6 Å². The Labute approximate surface area is 168 Å². The Morgan fingerprint density at radius 2 is 2.21 bits per heavy atom. The zero-order valence-corrected chi connectivity index (χ0v) is 16.3. The molecule has 2 amide bonds. The molecule has 2 heterocycles. The number of hydrogen-bond donors (Lipinski definition) is 2. The molecule has 0 aliphatic carbocycles. The number of halogens is 1. The molecule has 2 aliphatic rings. The van der Waals surface area contributed by atoms with Gasteiger partial charge in [-0.2, -0.15) is 5.10 Å². The highest BCUT2D eigenvalue weighted by Gasteiger charge is 2.45. The summed E-state index contributed by atoms with van der Waals surface area (Å²) in [6.45, 7) is 1.46. The number of rotatable bonds is 4. The van der Waals surface area contributed by atoms with E-state index in [9.17, 15) is 14.3 Å². The van der Waals surface area contributed by atoms with Crippen LogP contribution in [0, 0.1) is 11.7 Å². The van der Waals surface area contributed by atoms with Gasteiger partial charge in [-0.05, 0) is 42.9 Å². The molecule has 0 radical (unpaired) electrons. The lowest BCUT2D eigenvalue weighted by Gasteiger charge is -2.31. The molecule has 0 unspecified atom stereocenters. The molecule has 0 saturated carbocycles. The van der Waals surface area contributed by atoms with Crippen molar-refractivity contribution in [2.75, 3.05) is 33.8 Å². The van der Waals surface area contributed by atoms with Gasteiger partial charge in [0.15, 0.2) is 0 Å². The maximum absolute atomic E-state index is 13.9. The second-order valence-corrected chi connectivity index (χ2v) is 7.24. The summed E-state index contributed by atoms with van der Waals surface area (Å²) in [6.07, 6.45) is 0. The van der Waals surface area contributed by atoms with E-state index in [2.05, 4.69) is 10.4 Å². The molecular formula is C21H23FN4O3. The smallest absolute Gasteiger partial charge is 0.340 e. The number of phenols is 1. The number of hydrazone groups is 1. The lowest BCUT2D eigenvalue weighted by atomic mass is 9.86. The number of nitrogens with one attached hydrogen (secondary N) is 1. The maximum Gasteiger partial charge on any atom is 0.340 e. The summed E-state index contributed by atoms with van der Waals surface area (Å²) in [5.74, 6) is -0.00257. The fraction of sp³-hybridized carbons (Fsp3) is 0.333. The number of nitrogens with zero attached hydrogens (tertiary/aromatic N) is 3. The van der Waals surface area contributed by atoms with E-state index < -0.39 is 6.04 Å². The van der Waals surface area contributed by atoms with Crippen molar-refractivity contribution in [3.05, 3.63) is 59.4 Å². The van der Waals surface area contributed by atoms with Crippen LogP contribution in [0.1, 0.15) is 17.2 Å². The summed E-state index contributed by atoms with van der Waals surface area (Å²) >= 11 is 0. The third-order valence-electron chi connectivity index (χ3n) is 5.28. The van der Waals surface area contributed by atoms with Gasteiger partial charge in [0.25, 0.3) is 0 Å². The average Bonchev–Trinajstić information content (AvgIpc) is 3.11. The number of carbonyl (C=O) groups is 1. The van der Waals surface area contributed by atoms with E-state index in [-0.39, 0.29) is 23.5 Å². The van der Waals surface area contributed by atoms with Crippen molar-refractivity contribution >= 4 is 11.7 Å². The van der Waals surface area contributed by atoms with E-state index in [1.165, 1.54) is 17.1 Å². The van der Waals surface area contributed by atoms with Gasteiger partial charge in [-0.15, -0.1) is 0 Å². The number of ether oxygens (including phenoxy) is 1. The highest BCUT2D eigenvalue weighted by Crippen LogP contribution is 2.43. The lowest BCUT2D eigenvalue weighted by molar-refractivity contribution is 0.133. The van der Waals surface area contributed by atoms with Gasteiger partial charge >= 0.3 is 6.03 Å². The maximum atomic E-state index is 13.9. The van der Waals surface area contributed by atoms with Crippen molar-refractivity contribution < 1.29 is 19.0 Å². The Morgan fingerprint density at radius 1 is 1.38 bits per heavy atom. The highest BCUT2D eigenvalue weighted by molar-refractivity contribution is 6.07. The number of urea groups is 1. The van der Waals surface area contributed by atoms with Crippen molar-refractivity contribution in [1.82, 2.24) is 15.2 Å². The Hall–Kier alpha value is -3.13. The Kier molecular flexibility index (Phi) is 5.10. The van der Waals surface area contributed by atoms with E-state index in [0.717, 1.165) is 5.56 Å². The first-order valence-electron chi connectivity index (χ1n) is 9.48. The van der Waals surface area contributed by atoms with Crippen LogP contribution in [0.25, 0.3) is 0 Å². The Morgan fingerprint density at radius 3 is 2.97 bits per heavy atom. The standard InChI is InChI=1S/C21H23FN4O3/c1-23-8-9-25(2)21(28)26-20(13-4-3-5-15(27)10-13)17-12-29-18-7-6-14(22)11-16(18)19(17)24-26/h3-7,10-11,17,20,23,27H,8-9,12H2,1-2H3/t17-,20+/m0/s1. The number of amides is 2. The van der Waals surface area contributed by atoms with Crippen LogP contribution in [0.4, 0.5) is 9.18 Å². The summed E-state index contributed by atoms with van der Waals surface area (Å²) in [6, 6.07) is 10.4. The molecule has 4 rings (SSSR count). The summed E-state index contributed by atoms with van der Waals surface area (Å²) in [5, 5.41) is 19.0. The predicted molar refractivity (Wildman–Crippen MR) is 107 cm³/mol. The Bertz CT molecular complexity index is 965. The highest BCUT2D eigenvalue weighted by atomic mass is 19.1. The number of phenolic OH excluding ortho intramolecular Hbond substituents is 1. The molecule has 0 aromatic heterocycles. The van der Waals surface area contributed by atoms with Gasteiger partial charge in [0, 0.05) is 25.7 Å². The third-order valence-corrected chi connectivity index (χ3v) is 5.28. The summed E-state index contributed by atoms with van der Waals surface area (Å²) in [5.41, 5.74) is 1.92. The summed E-state index contributed by atoms with van der Waals surface area (Å²) in [7, 11) is 3.53. The molecule has 0 fully saturated rings. The van der Waals surface area contributed by atoms with Crippen molar-refractivity contribution in [1.29, 1.82) is 0 Å². The van der Waals surface area contributed by atoms with Crippen LogP contribution in [0.2, 0.25) is 0 Å². The van der Waals surface area contributed by atoms with Crippen molar-refractivity contribution in [3.63, 3.8) is 0 Å². The summed E-state index contributed by atoms with van der Waals surface area (Å²) in [4.78, 5) is 14.8. The van der Waals surface area contributed by atoms with E-state index in [1.807, 2.05) is 13.1 Å². The second kappa shape index (κ2) is 7.71. The second-order valence-electron chi connectivity index (χ2n) is 7.24. The number of carbonyl (C=O) groups excluding carboxylic acids is 1. The predicted octanol–water partition coefficient (Wildman–Crippen LogP) is 2.57. The fourth-order valence-corrected chi connectivity index (χ4v) is 3.80. The number of fused-ring (bicyclic) bond motifs is 3. The zero-order valence-electron chi connectivity index (χ0n) is 16.3. The van der Waals surface area contributed by atoms with Crippen LogP contribution in [0.5, 0.6) is 11.5 Å². The van der Waals surface area contributed by atoms with Crippen molar-refractivity contribution in [2.24, 2.45) is 11.0 Å². The molecule has 2 aliphatic heterocycles. The van der Waals surface area contributed by atoms with E-state index in [4.69, 9.17) is 4.74 Å². The third kappa shape index (κ3) is 3.51. The SMILES string of the molecule is CNCCN(C)C(=O)N1N=C2c3cc(F)ccc3OC[C@@H]2[C@H]1c1cccc(O)c1. The molecule has 2 N–H and O–H groups in total. The van der Waals surface area contributed by atoms with Gasteiger partial charge in [0.2, 0.25) is 0 Å². The van der Waals surface area contributed by atoms with Gasteiger partial charge in [-0.3, -0.25) is 0 Å². The molecular weight excluding hydrogens is 375 g/mol. The molecule has 2 atom stereocenters. The first kappa shape index (κ1) is 19.2. The van der Waals surface area contributed by atoms with E-state index >= 15 is 0 Å². The van der Waals surface area contributed by atoms with E-state index in [1.54, 1.807) is 36.2 Å². The summed E-state index contributed by atoms with van der Waals surface area (Å²) < 4.78 is 19.8. The molecule has 0 bridgehead atoms. The minimum Gasteiger partial charge on any atom is -0.508 e. The average molecular weight is 398 g/mol. The Balaban J connectivity index is 1.76.